The average Bonchev–Trinajstić information content (AvgIpc) is 3.24. The summed E-state index contributed by atoms with van der Waals surface area (Å²) in [5.74, 6) is 0.387. The van der Waals surface area contributed by atoms with Crippen LogP contribution in [0.2, 0.25) is 0 Å². The van der Waals surface area contributed by atoms with Crippen LogP contribution in [0, 0.1) is 0 Å². The van der Waals surface area contributed by atoms with Gasteiger partial charge in [0.05, 0.1) is 11.3 Å². The molecular formula is C25H34N8O2. The first-order valence-electron chi connectivity index (χ1n) is 12.1. The van der Waals surface area contributed by atoms with E-state index in [0.717, 1.165) is 81.1 Å². The number of hydrogen-bond acceptors (Lipinski definition) is 8. The predicted octanol–water partition coefficient (Wildman–Crippen LogP) is 1.40. The fourth-order valence-electron chi connectivity index (χ4n) is 4.63. The number of amidine groups is 1. The molecule has 35 heavy (non-hydrogen) atoms. The first-order chi connectivity index (χ1) is 17.0. The van der Waals surface area contributed by atoms with Crippen molar-refractivity contribution in [2.75, 3.05) is 44.6 Å². The van der Waals surface area contributed by atoms with E-state index in [1.165, 1.54) is 19.3 Å². The quantitative estimate of drug-likeness (QED) is 0.365. The Hall–Kier alpha value is -3.50. The zero-order valence-corrected chi connectivity index (χ0v) is 20.2. The molecule has 0 saturated carbocycles. The van der Waals surface area contributed by atoms with Gasteiger partial charge in [0, 0.05) is 45.3 Å². The van der Waals surface area contributed by atoms with Crippen LogP contribution in [-0.2, 0) is 9.59 Å². The zero-order chi connectivity index (χ0) is 24.8. The fourth-order valence-corrected chi connectivity index (χ4v) is 4.63. The lowest BCUT2D eigenvalue weighted by molar-refractivity contribution is -0.127. The normalized spacial score (nSPS) is 20.3. The lowest BCUT2D eigenvalue weighted by Gasteiger charge is -2.34. The molecule has 10 heteroatoms. The van der Waals surface area contributed by atoms with E-state index in [4.69, 9.17) is 5.73 Å². The van der Waals surface area contributed by atoms with Gasteiger partial charge in [0.1, 0.15) is 12.2 Å². The monoisotopic (exact) mass is 478 g/mol. The molecule has 1 unspecified atom stereocenters. The highest BCUT2D eigenvalue weighted by molar-refractivity contribution is 6.09. The van der Waals surface area contributed by atoms with Crippen LogP contribution >= 0.6 is 0 Å². The number of fused-ring (bicyclic) bond motifs is 1. The highest BCUT2D eigenvalue weighted by atomic mass is 16.2. The molecule has 0 bridgehead atoms. The number of hydrazine groups is 1. The maximum atomic E-state index is 11.7. The number of benzene rings is 1. The van der Waals surface area contributed by atoms with Crippen molar-refractivity contribution in [3.63, 3.8) is 0 Å². The third-order valence-electron chi connectivity index (χ3n) is 6.48. The van der Waals surface area contributed by atoms with E-state index in [1.807, 2.05) is 29.2 Å². The van der Waals surface area contributed by atoms with Gasteiger partial charge in [-0.3, -0.25) is 14.5 Å². The van der Waals surface area contributed by atoms with Gasteiger partial charge >= 0.3 is 0 Å². The smallest absolute Gasteiger partial charge is 0.246 e. The number of rotatable bonds is 9. The number of unbranched alkanes of at least 4 members (excludes halogenated alkanes) is 2. The van der Waals surface area contributed by atoms with E-state index in [0.29, 0.717) is 5.84 Å². The number of aliphatic imine (C=N–C) groups is 2. The molecule has 1 aromatic carbocycles. The van der Waals surface area contributed by atoms with Crippen LogP contribution in [0.4, 0.5) is 5.69 Å². The highest BCUT2D eigenvalue weighted by Crippen LogP contribution is 2.31. The first-order valence-corrected chi connectivity index (χ1v) is 12.1. The summed E-state index contributed by atoms with van der Waals surface area (Å²) in [4.78, 5) is 36.1. The van der Waals surface area contributed by atoms with Crippen molar-refractivity contribution in [3.8, 4) is 0 Å². The molecule has 10 nitrogen and oxygen atoms in total. The zero-order valence-electron chi connectivity index (χ0n) is 20.2. The molecule has 0 radical (unpaired) electrons. The molecule has 0 spiro atoms. The second-order valence-corrected chi connectivity index (χ2v) is 8.94. The summed E-state index contributed by atoms with van der Waals surface area (Å²) in [5, 5.41) is 4.90. The van der Waals surface area contributed by atoms with Crippen molar-refractivity contribution >= 4 is 35.4 Å². The molecule has 0 aliphatic carbocycles. The van der Waals surface area contributed by atoms with E-state index in [-0.39, 0.29) is 18.0 Å². The first kappa shape index (κ1) is 24.6. The average molecular weight is 479 g/mol. The van der Waals surface area contributed by atoms with Gasteiger partial charge < -0.3 is 21.4 Å². The predicted molar refractivity (Wildman–Crippen MR) is 138 cm³/mol. The summed E-state index contributed by atoms with van der Waals surface area (Å²) in [6, 6.07) is 7.65. The minimum Gasteiger partial charge on any atom is -0.383 e. The molecule has 3 aliphatic heterocycles. The van der Waals surface area contributed by atoms with Gasteiger partial charge in [0.2, 0.25) is 11.8 Å². The highest BCUT2D eigenvalue weighted by Gasteiger charge is 2.36. The maximum absolute atomic E-state index is 11.7. The number of carbonyl (C=O) groups excluding carboxylic acids is 2. The molecule has 4 rings (SSSR count). The minimum absolute atomic E-state index is 0.0230. The SMILES string of the molecule is C=CC(=O)N1CCN(CCCCCN2NC(c3ccc(NC(C)=O)cc3)=C3C(N)=NC=NC32)CC1. The summed E-state index contributed by atoms with van der Waals surface area (Å²) in [7, 11) is 0. The van der Waals surface area contributed by atoms with Gasteiger partial charge in [0.15, 0.2) is 6.17 Å². The van der Waals surface area contributed by atoms with Gasteiger partial charge in [-0.2, -0.15) is 5.01 Å². The lowest BCUT2D eigenvalue weighted by Crippen LogP contribution is -2.48. The van der Waals surface area contributed by atoms with E-state index in [2.05, 4.69) is 37.2 Å². The number of hydrogen-bond donors (Lipinski definition) is 3. The van der Waals surface area contributed by atoms with Crippen LogP contribution in [-0.4, -0.2) is 84.2 Å². The van der Waals surface area contributed by atoms with Crippen molar-refractivity contribution in [1.29, 1.82) is 0 Å². The Kier molecular flexibility index (Phi) is 7.94. The van der Waals surface area contributed by atoms with Crippen molar-refractivity contribution in [2.45, 2.75) is 32.4 Å². The number of nitrogens with one attached hydrogen (secondary N) is 2. The molecule has 3 heterocycles. The Labute approximate surface area is 206 Å². The number of nitrogens with two attached hydrogens (primary N) is 1. The molecular weight excluding hydrogens is 444 g/mol. The minimum atomic E-state index is -0.201. The molecule has 1 atom stereocenters. The molecule has 3 aliphatic rings. The van der Waals surface area contributed by atoms with E-state index < -0.39 is 0 Å². The van der Waals surface area contributed by atoms with Crippen molar-refractivity contribution < 1.29 is 9.59 Å². The Morgan fingerprint density at radius 2 is 1.86 bits per heavy atom. The maximum Gasteiger partial charge on any atom is 0.246 e. The molecule has 1 aromatic rings. The van der Waals surface area contributed by atoms with Gasteiger partial charge in [-0.25, -0.2) is 9.98 Å². The van der Waals surface area contributed by atoms with E-state index in [9.17, 15) is 9.59 Å². The molecule has 1 fully saturated rings. The van der Waals surface area contributed by atoms with Crippen LogP contribution in [0.3, 0.4) is 0 Å². The van der Waals surface area contributed by atoms with Crippen LogP contribution < -0.4 is 16.5 Å². The number of carbonyl (C=O) groups is 2. The number of piperazine rings is 1. The molecule has 0 aromatic heterocycles. The fraction of sp³-hybridized carbons (Fsp3) is 0.440. The summed E-state index contributed by atoms with van der Waals surface area (Å²) >= 11 is 0. The van der Waals surface area contributed by atoms with Crippen LogP contribution in [0.25, 0.3) is 5.70 Å². The third kappa shape index (κ3) is 5.95. The summed E-state index contributed by atoms with van der Waals surface area (Å²) in [6.07, 6.45) is 5.95. The Balaban J connectivity index is 1.27. The Morgan fingerprint density at radius 1 is 1.14 bits per heavy atom. The molecule has 2 amide bonds. The topological polar surface area (TPSA) is 119 Å². The van der Waals surface area contributed by atoms with Crippen LogP contribution in [0.15, 0.2) is 52.5 Å². The van der Waals surface area contributed by atoms with E-state index in [1.54, 1.807) is 0 Å². The number of nitrogens with zero attached hydrogens (tertiary/aromatic N) is 5. The Morgan fingerprint density at radius 3 is 2.54 bits per heavy atom. The van der Waals surface area contributed by atoms with Crippen LogP contribution in [0.1, 0.15) is 31.7 Å². The largest absolute Gasteiger partial charge is 0.383 e. The third-order valence-corrected chi connectivity index (χ3v) is 6.48. The standard InChI is InChI=1S/C25H34N8O2/c1-3-21(35)32-15-13-31(14-16-32)11-5-4-6-12-33-25-22(24(26)27-17-28-25)23(30-33)19-7-9-20(10-8-19)29-18(2)34/h3,7-10,17,25,30H,1,4-6,11-16H2,2H3,(H,29,34)(H2,26,27,28). The van der Waals surface area contributed by atoms with Crippen molar-refractivity contribution in [2.24, 2.45) is 15.7 Å². The molecule has 1 saturated heterocycles. The van der Waals surface area contributed by atoms with Gasteiger partial charge in [-0.05, 0) is 43.2 Å². The van der Waals surface area contributed by atoms with Crippen molar-refractivity contribution in [1.82, 2.24) is 20.2 Å². The second kappa shape index (κ2) is 11.3. The van der Waals surface area contributed by atoms with Crippen LogP contribution in [0.5, 0.6) is 0 Å². The van der Waals surface area contributed by atoms with Crippen molar-refractivity contribution in [3.05, 3.63) is 48.1 Å². The molecule has 186 valence electrons. The second-order valence-electron chi connectivity index (χ2n) is 8.94. The van der Waals surface area contributed by atoms with E-state index >= 15 is 0 Å². The summed E-state index contributed by atoms with van der Waals surface area (Å²) in [5.41, 5.74) is 13.2. The number of amides is 2. The number of anilines is 1. The van der Waals surface area contributed by atoms with Gasteiger partial charge in [-0.1, -0.05) is 25.1 Å². The summed E-state index contributed by atoms with van der Waals surface area (Å²) < 4.78 is 0. The molecule has 4 N–H and O–H groups in total. The van der Waals surface area contributed by atoms with Gasteiger partial charge in [0.25, 0.3) is 0 Å². The van der Waals surface area contributed by atoms with Gasteiger partial charge in [-0.15, -0.1) is 0 Å². The lowest BCUT2D eigenvalue weighted by atomic mass is 10.0. The Bertz CT molecular complexity index is 1040. The summed E-state index contributed by atoms with van der Waals surface area (Å²) in [6.45, 7) is 10.3.